The van der Waals surface area contributed by atoms with E-state index in [0.717, 1.165) is 0 Å². The van der Waals surface area contributed by atoms with Crippen molar-refractivity contribution in [3.05, 3.63) is 30.1 Å². The average Bonchev–Trinajstić information content (AvgIpc) is 2.05. The van der Waals surface area contributed by atoms with Crippen LogP contribution in [0.2, 0.25) is 0 Å². The van der Waals surface area contributed by atoms with Gasteiger partial charge in [-0.2, -0.15) is 5.26 Å². The van der Waals surface area contributed by atoms with Gasteiger partial charge in [-0.1, -0.05) is 0 Å². The summed E-state index contributed by atoms with van der Waals surface area (Å²) in [5.41, 5.74) is 0.605. The molecule has 1 aromatic rings. The largest absolute Gasteiger partial charge is 0.213 e. The van der Waals surface area contributed by atoms with Crippen LogP contribution in [0.1, 0.15) is 0 Å². The van der Waals surface area contributed by atoms with E-state index in [-0.39, 0.29) is 5.82 Å². The van der Waals surface area contributed by atoms with E-state index in [1.807, 2.05) is 6.19 Å². The quantitative estimate of drug-likeness (QED) is 0.408. The monoisotopic (exact) mass is 214 g/mol. The standard InChI is InChI=1S/C7H4BrFN2/c8-11(5-10)7-3-1-6(9)2-4-7/h1-4H. The first-order valence-electron chi connectivity index (χ1n) is 2.85. The van der Waals surface area contributed by atoms with Gasteiger partial charge in [-0.15, -0.1) is 0 Å². The lowest BCUT2D eigenvalue weighted by atomic mass is 10.3. The predicted octanol–water partition coefficient (Wildman–Crippen LogP) is 2.42. The van der Waals surface area contributed by atoms with E-state index in [2.05, 4.69) is 16.1 Å². The summed E-state index contributed by atoms with van der Waals surface area (Å²) in [7, 11) is 0. The highest BCUT2D eigenvalue weighted by Crippen LogP contribution is 2.16. The Hall–Kier alpha value is -1.08. The molecule has 11 heavy (non-hydrogen) atoms. The molecule has 0 aliphatic carbocycles. The lowest BCUT2D eigenvalue weighted by Crippen LogP contribution is -1.97. The summed E-state index contributed by atoms with van der Waals surface area (Å²) >= 11 is 2.96. The molecule has 1 aromatic carbocycles. The summed E-state index contributed by atoms with van der Waals surface area (Å²) in [6.45, 7) is 0. The van der Waals surface area contributed by atoms with Gasteiger partial charge in [0.1, 0.15) is 5.82 Å². The minimum absolute atomic E-state index is 0.312. The van der Waals surface area contributed by atoms with Crippen molar-refractivity contribution in [3.63, 3.8) is 0 Å². The zero-order valence-electron chi connectivity index (χ0n) is 5.46. The highest BCUT2D eigenvalue weighted by atomic mass is 79.9. The molecule has 0 heterocycles. The number of halogens is 2. The Labute approximate surface area is 72.2 Å². The Morgan fingerprint density at radius 2 is 1.91 bits per heavy atom. The molecular weight excluding hydrogens is 211 g/mol. The van der Waals surface area contributed by atoms with Crippen molar-refractivity contribution < 1.29 is 4.39 Å². The summed E-state index contributed by atoms with van der Waals surface area (Å²) in [5, 5.41) is 8.39. The molecule has 0 saturated heterocycles. The Balaban J connectivity index is 2.92. The third kappa shape index (κ3) is 1.92. The van der Waals surface area contributed by atoms with E-state index >= 15 is 0 Å². The van der Waals surface area contributed by atoms with E-state index < -0.39 is 0 Å². The maximum absolute atomic E-state index is 12.3. The molecule has 1 rings (SSSR count). The number of hydrogen-bond donors (Lipinski definition) is 0. The Kier molecular flexibility index (Phi) is 2.44. The summed E-state index contributed by atoms with van der Waals surface area (Å²) < 4.78 is 13.5. The van der Waals surface area contributed by atoms with Crippen LogP contribution in [0, 0.1) is 17.3 Å². The smallest absolute Gasteiger partial charge is 0.195 e. The molecule has 0 aromatic heterocycles. The fourth-order valence-corrected chi connectivity index (χ4v) is 0.866. The van der Waals surface area contributed by atoms with Gasteiger partial charge >= 0.3 is 0 Å². The molecule has 0 N–H and O–H groups in total. The molecule has 0 bridgehead atoms. The van der Waals surface area contributed by atoms with Gasteiger partial charge < -0.3 is 0 Å². The molecule has 0 aliphatic rings. The second kappa shape index (κ2) is 3.35. The van der Waals surface area contributed by atoms with Gasteiger partial charge in [-0.3, -0.25) is 0 Å². The molecule has 0 spiro atoms. The molecule has 2 nitrogen and oxygen atoms in total. The molecule has 0 saturated carbocycles. The topological polar surface area (TPSA) is 27.0 Å². The van der Waals surface area contributed by atoms with Gasteiger partial charge in [0.2, 0.25) is 0 Å². The van der Waals surface area contributed by atoms with E-state index in [1.54, 1.807) is 0 Å². The summed E-state index contributed by atoms with van der Waals surface area (Å²) in [5.74, 6) is -0.312. The molecule has 0 amide bonds. The number of nitriles is 1. The van der Waals surface area contributed by atoms with Crippen molar-refractivity contribution in [1.29, 1.82) is 5.26 Å². The van der Waals surface area contributed by atoms with Crippen LogP contribution in [-0.4, -0.2) is 0 Å². The van der Waals surface area contributed by atoms with Crippen molar-refractivity contribution in [1.82, 2.24) is 0 Å². The maximum atomic E-state index is 12.3. The van der Waals surface area contributed by atoms with E-state index in [0.29, 0.717) is 5.69 Å². The lowest BCUT2D eigenvalue weighted by molar-refractivity contribution is 0.628. The number of benzene rings is 1. The number of anilines is 1. The van der Waals surface area contributed by atoms with Crippen LogP contribution in [0.15, 0.2) is 24.3 Å². The van der Waals surface area contributed by atoms with Gasteiger partial charge in [-0.25, -0.2) is 8.32 Å². The molecule has 56 valence electrons. The first kappa shape index (κ1) is 8.02. The normalized spacial score (nSPS) is 8.82. The lowest BCUT2D eigenvalue weighted by Gasteiger charge is -2.03. The minimum Gasteiger partial charge on any atom is -0.213 e. The van der Waals surface area contributed by atoms with E-state index in [9.17, 15) is 4.39 Å². The fourth-order valence-electron chi connectivity index (χ4n) is 0.630. The van der Waals surface area contributed by atoms with Crippen LogP contribution in [-0.2, 0) is 0 Å². The van der Waals surface area contributed by atoms with Gasteiger partial charge in [-0.05, 0) is 24.3 Å². The Morgan fingerprint density at radius 1 is 1.36 bits per heavy atom. The SMILES string of the molecule is N#CN(Br)c1ccc(F)cc1. The van der Waals surface area contributed by atoms with E-state index in [1.165, 1.54) is 28.2 Å². The van der Waals surface area contributed by atoms with Crippen molar-refractivity contribution in [3.8, 4) is 6.19 Å². The molecule has 0 fully saturated rings. The molecule has 0 atom stereocenters. The van der Waals surface area contributed by atoms with Gasteiger partial charge in [0, 0.05) is 0 Å². The van der Waals surface area contributed by atoms with Crippen molar-refractivity contribution in [2.24, 2.45) is 0 Å². The molecule has 4 heteroatoms. The number of hydrogen-bond acceptors (Lipinski definition) is 2. The second-order valence-electron chi connectivity index (χ2n) is 1.86. The zero-order chi connectivity index (χ0) is 8.27. The Morgan fingerprint density at radius 3 is 2.36 bits per heavy atom. The van der Waals surface area contributed by atoms with Crippen LogP contribution in [0.25, 0.3) is 0 Å². The average molecular weight is 215 g/mol. The third-order valence-electron chi connectivity index (χ3n) is 1.14. The Bertz CT molecular complexity index is 277. The highest BCUT2D eigenvalue weighted by molar-refractivity contribution is 9.10. The second-order valence-corrected chi connectivity index (χ2v) is 2.57. The van der Waals surface area contributed by atoms with Crippen molar-refractivity contribution in [2.75, 3.05) is 3.93 Å². The molecular formula is C7H4BrFN2. The maximum Gasteiger partial charge on any atom is 0.195 e. The van der Waals surface area contributed by atoms with Crippen LogP contribution in [0.3, 0.4) is 0 Å². The first-order valence-corrected chi connectivity index (χ1v) is 3.56. The highest BCUT2D eigenvalue weighted by Gasteiger charge is 1.99. The number of nitrogens with zero attached hydrogens (tertiary/aromatic N) is 2. The van der Waals surface area contributed by atoms with Crippen LogP contribution in [0.5, 0.6) is 0 Å². The summed E-state index contributed by atoms with van der Waals surface area (Å²) in [4.78, 5) is 0. The van der Waals surface area contributed by atoms with Gasteiger partial charge in [0.15, 0.2) is 6.19 Å². The summed E-state index contributed by atoms with van der Waals surface area (Å²) in [6.07, 6.45) is 1.83. The van der Waals surface area contributed by atoms with E-state index in [4.69, 9.17) is 5.26 Å². The molecule has 0 aliphatic heterocycles. The van der Waals surface area contributed by atoms with Crippen LogP contribution >= 0.6 is 16.1 Å². The van der Waals surface area contributed by atoms with Crippen molar-refractivity contribution >= 4 is 21.8 Å². The third-order valence-corrected chi connectivity index (χ3v) is 1.71. The van der Waals surface area contributed by atoms with Gasteiger partial charge in [0.05, 0.1) is 21.8 Å². The summed E-state index contributed by atoms with van der Waals surface area (Å²) in [6, 6.07) is 5.60. The fraction of sp³-hybridized carbons (Fsp3) is 0. The van der Waals surface area contributed by atoms with Crippen molar-refractivity contribution in [2.45, 2.75) is 0 Å². The molecule has 0 radical (unpaired) electrons. The minimum atomic E-state index is -0.312. The van der Waals surface area contributed by atoms with Crippen LogP contribution in [0.4, 0.5) is 10.1 Å². The predicted molar refractivity (Wildman–Crippen MR) is 43.4 cm³/mol. The first-order chi connectivity index (χ1) is 5.24. The number of rotatable bonds is 1. The van der Waals surface area contributed by atoms with Crippen LogP contribution < -0.4 is 3.93 Å². The van der Waals surface area contributed by atoms with Gasteiger partial charge in [0.25, 0.3) is 0 Å². The zero-order valence-corrected chi connectivity index (χ0v) is 7.05. The molecule has 0 unspecified atom stereocenters.